The molecule has 0 spiro atoms. The number of hydrogen-bond donors (Lipinski definition) is 1. The fourth-order valence-corrected chi connectivity index (χ4v) is 3.30. The van der Waals surface area contributed by atoms with Crippen LogP contribution in [0.4, 0.5) is 15.9 Å². The van der Waals surface area contributed by atoms with E-state index in [0.717, 1.165) is 16.9 Å². The standard InChI is InChI=1S/C18H21FN4O/c1-10-8-21-17(9-20-10)22-18-11(2)12(3)23(13(4)24)16-6-5-14(19)7-15(16)18/h5-9,11-12,18H,1-4H3,(H,21,22)/t11-,12-,18+/m0/s1. The Labute approximate surface area is 140 Å². The van der Waals surface area contributed by atoms with Crippen molar-refractivity contribution in [3.63, 3.8) is 0 Å². The third-order valence-electron chi connectivity index (χ3n) is 4.70. The van der Waals surface area contributed by atoms with Crippen molar-refractivity contribution in [2.45, 2.75) is 39.8 Å². The monoisotopic (exact) mass is 328 g/mol. The van der Waals surface area contributed by atoms with Crippen LogP contribution in [0.25, 0.3) is 0 Å². The minimum Gasteiger partial charge on any atom is -0.362 e. The largest absolute Gasteiger partial charge is 0.362 e. The van der Waals surface area contributed by atoms with Gasteiger partial charge in [0.05, 0.1) is 24.1 Å². The summed E-state index contributed by atoms with van der Waals surface area (Å²) in [6, 6.07) is 4.38. The summed E-state index contributed by atoms with van der Waals surface area (Å²) < 4.78 is 13.9. The second kappa shape index (κ2) is 6.19. The van der Waals surface area contributed by atoms with Crippen molar-refractivity contribution < 1.29 is 9.18 Å². The molecule has 0 aliphatic carbocycles. The normalized spacial score (nSPS) is 22.9. The Morgan fingerprint density at radius 1 is 1.25 bits per heavy atom. The predicted molar refractivity (Wildman–Crippen MR) is 91.3 cm³/mol. The second-order valence-corrected chi connectivity index (χ2v) is 6.36. The number of carbonyl (C=O) groups excluding carboxylic acids is 1. The molecule has 1 aliphatic rings. The molecule has 0 bridgehead atoms. The average Bonchev–Trinajstić information content (AvgIpc) is 2.54. The SMILES string of the molecule is CC(=O)N1c2ccc(F)cc2[C@H](Nc2cnc(C)cn2)[C@@H](C)[C@@H]1C. The maximum Gasteiger partial charge on any atom is 0.224 e. The lowest BCUT2D eigenvalue weighted by molar-refractivity contribution is -0.117. The van der Waals surface area contributed by atoms with E-state index in [-0.39, 0.29) is 29.7 Å². The molecule has 2 heterocycles. The maximum atomic E-state index is 13.9. The zero-order chi connectivity index (χ0) is 17.4. The van der Waals surface area contributed by atoms with Crippen LogP contribution in [0.3, 0.4) is 0 Å². The van der Waals surface area contributed by atoms with Gasteiger partial charge >= 0.3 is 0 Å². The van der Waals surface area contributed by atoms with Gasteiger partial charge in [0.15, 0.2) is 0 Å². The van der Waals surface area contributed by atoms with E-state index in [1.165, 1.54) is 19.1 Å². The van der Waals surface area contributed by atoms with Crippen LogP contribution in [-0.4, -0.2) is 21.9 Å². The summed E-state index contributed by atoms with van der Waals surface area (Å²) in [7, 11) is 0. The van der Waals surface area contributed by atoms with Gasteiger partial charge < -0.3 is 10.2 Å². The molecule has 0 saturated heterocycles. The van der Waals surface area contributed by atoms with Gasteiger partial charge in [0.2, 0.25) is 5.91 Å². The highest BCUT2D eigenvalue weighted by Gasteiger charge is 2.38. The molecule has 0 radical (unpaired) electrons. The number of carbonyl (C=O) groups is 1. The Kier molecular flexibility index (Phi) is 4.22. The molecule has 24 heavy (non-hydrogen) atoms. The van der Waals surface area contributed by atoms with Crippen LogP contribution in [0.1, 0.15) is 38.1 Å². The van der Waals surface area contributed by atoms with Crippen molar-refractivity contribution in [2.75, 3.05) is 10.2 Å². The summed E-state index contributed by atoms with van der Waals surface area (Å²) in [5.41, 5.74) is 2.34. The average molecular weight is 328 g/mol. The van der Waals surface area contributed by atoms with Crippen LogP contribution >= 0.6 is 0 Å². The third kappa shape index (κ3) is 2.84. The Morgan fingerprint density at radius 3 is 2.62 bits per heavy atom. The third-order valence-corrected chi connectivity index (χ3v) is 4.70. The zero-order valence-electron chi connectivity index (χ0n) is 14.2. The van der Waals surface area contributed by atoms with E-state index >= 15 is 0 Å². The number of nitrogens with one attached hydrogen (secondary N) is 1. The van der Waals surface area contributed by atoms with Crippen molar-refractivity contribution in [1.82, 2.24) is 9.97 Å². The van der Waals surface area contributed by atoms with Crippen LogP contribution in [-0.2, 0) is 4.79 Å². The van der Waals surface area contributed by atoms with E-state index < -0.39 is 0 Å². The molecule has 0 unspecified atom stereocenters. The molecule has 1 aromatic carbocycles. The topological polar surface area (TPSA) is 58.1 Å². The molecule has 1 amide bonds. The highest BCUT2D eigenvalue weighted by Crippen LogP contribution is 2.42. The molecule has 1 N–H and O–H groups in total. The Balaban J connectivity index is 2.05. The first-order valence-corrected chi connectivity index (χ1v) is 8.03. The van der Waals surface area contributed by atoms with Gasteiger partial charge in [0.25, 0.3) is 0 Å². The van der Waals surface area contributed by atoms with Crippen LogP contribution < -0.4 is 10.2 Å². The van der Waals surface area contributed by atoms with Crippen LogP contribution in [0.2, 0.25) is 0 Å². The number of nitrogens with zero attached hydrogens (tertiary/aromatic N) is 3. The summed E-state index contributed by atoms with van der Waals surface area (Å²) in [6.07, 6.45) is 3.36. The van der Waals surface area contributed by atoms with Gasteiger partial charge in [-0.15, -0.1) is 0 Å². The van der Waals surface area contributed by atoms with Gasteiger partial charge in [-0.3, -0.25) is 9.78 Å². The quantitative estimate of drug-likeness (QED) is 0.917. The van der Waals surface area contributed by atoms with Crippen molar-refractivity contribution in [2.24, 2.45) is 5.92 Å². The smallest absolute Gasteiger partial charge is 0.224 e. The van der Waals surface area contributed by atoms with E-state index in [1.807, 2.05) is 20.8 Å². The fraction of sp³-hybridized carbons (Fsp3) is 0.389. The molecule has 126 valence electrons. The molecule has 6 heteroatoms. The number of anilines is 2. The minimum absolute atomic E-state index is 0.0173. The fourth-order valence-electron chi connectivity index (χ4n) is 3.30. The first-order valence-electron chi connectivity index (χ1n) is 8.03. The molecule has 0 fully saturated rings. The maximum absolute atomic E-state index is 13.9. The number of halogens is 1. The van der Waals surface area contributed by atoms with Crippen molar-refractivity contribution >= 4 is 17.4 Å². The van der Waals surface area contributed by atoms with Crippen molar-refractivity contribution in [3.05, 3.63) is 47.7 Å². The lowest BCUT2D eigenvalue weighted by Gasteiger charge is -2.43. The number of fused-ring (bicyclic) bond motifs is 1. The summed E-state index contributed by atoms with van der Waals surface area (Å²) in [5, 5.41) is 3.35. The molecular weight excluding hydrogens is 307 g/mol. The number of aromatic nitrogens is 2. The molecule has 3 rings (SSSR count). The first kappa shape index (κ1) is 16.4. The Bertz CT molecular complexity index is 762. The molecule has 0 saturated carbocycles. The van der Waals surface area contributed by atoms with Gasteiger partial charge in [0.1, 0.15) is 11.6 Å². The number of benzene rings is 1. The van der Waals surface area contributed by atoms with Crippen LogP contribution in [0, 0.1) is 18.7 Å². The van der Waals surface area contributed by atoms with E-state index in [0.29, 0.717) is 5.82 Å². The summed E-state index contributed by atoms with van der Waals surface area (Å²) >= 11 is 0. The predicted octanol–water partition coefficient (Wildman–Crippen LogP) is 3.47. The van der Waals surface area contributed by atoms with Crippen molar-refractivity contribution in [1.29, 1.82) is 0 Å². The summed E-state index contributed by atoms with van der Waals surface area (Å²) in [6.45, 7) is 7.47. The van der Waals surface area contributed by atoms with Crippen molar-refractivity contribution in [3.8, 4) is 0 Å². The number of amides is 1. The number of aryl methyl sites for hydroxylation is 1. The minimum atomic E-state index is -0.319. The second-order valence-electron chi connectivity index (χ2n) is 6.36. The van der Waals surface area contributed by atoms with E-state index in [1.54, 1.807) is 23.4 Å². The molecule has 2 aromatic rings. The van der Waals surface area contributed by atoms with Gasteiger partial charge in [-0.05, 0) is 32.0 Å². The van der Waals surface area contributed by atoms with Gasteiger partial charge in [-0.2, -0.15) is 0 Å². The number of rotatable bonds is 2. The highest BCUT2D eigenvalue weighted by atomic mass is 19.1. The highest BCUT2D eigenvalue weighted by molar-refractivity contribution is 5.93. The van der Waals surface area contributed by atoms with E-state index in [4.69, 9.17) is 0 Å². The summed E-state index contributed by atoms with van der Waals surface area (Å²) in [4.78, 5) is 22.4. The number of hydrogen-bond acceptors (Lipinski definition) is 4. The van der Waals surface area contributed by atoms with Crippen LogP contribution in [0.15, 0.2) is 30.6 Å². The van der Waals surface area contributed by atoms with Gasteiger partial charge in [-0.25, -0.2) is 9.37 Å². The van der Waals surface area contributed by atoms with E-state index in [2.05, 4.69) is 15.3 Å². The van der Waals surface area contributed by atoms with Crippen LogP contribution in [0.5, 0.6) is 0 Å². The molecular formula is C18H21FN4O. The first-order chi connectivity index (χ1) is 11.4. The summed E-state index contributed by atoms with van der Waals surface area (Å²) in [5.74, 6) is 0.346. The van der Waals surface area contributed by atoms with Gasteiger partial charge in [0, 0.05) is 30.1 Å². The molecule has 5 nitrogen and oxygen atoms in total. The Hall–Kier alpha value is -2.50. The lowest BCUT2D eigenvalue weighted by Crippen LogP contribution is -2.48. The lowest BCUT2D eigenvalue weighted by atomic mass is 9.82. The molecule has 3 atom stereocenters. The molecule has 1 aliphatic heterocycles. The van der Waals surface area contributed by atoms with Gasteiger partial charge in [-0.1, -0.05) is 6.92 Å². The van der Waals surface area contributed by atoms with E-state index in [9.17, 15) is 9.18 Å². The Morgan fingerprint density at radius 2 is 2.00 bits per heavy atom. The zero-order valence-corrected chi connectivity index (χ0v) is 14.2. The molecule has 1 aromatic heterocycles.